The second-order valence-corrected chi connectivity index (χ2v) is 8.66. The van der Waals surface area contributed by atoms with E-state index >= 15 is 0 Å². The fourth-order valence-corrected chi connectivity index (χ4v) is 4.97. The van der Waals surface area contributed by atoms with Crippen LogP contribution in [-0.2, 0) is 19.2 Å². The van der Waals surface area contributed by atoms with Crippen molar-refractivity contribution in [3.05, 3.63) is 41.0 Å². The molecule has 0 bridgehead atoms. The number of β-lactam (4-membered cyclic amide) rings is 1. The SMILES string of the molecule is CON=C(C(=O)NC1C(=O)N2C(C(=O)O)=C(Sc3ccncc3)CCC12)c1nsc(N)n1. The maximum atomic E-state index is 12.8. The molecule has 2 atom stereocenters. The molecular weight excluding hydrogens is 458 g/mol. The Morgan fingerprint density at radius 3 is 2.78 bits per heavy atom. The van der Waals surface area contributed by atoms with E-state index in [1.54, 1.807) is 24.5 Å². The number of pyridine rings is 1. The molecule has 2 unspecified atom stereocenters. The van der Waals surface area contributed by atoms with E-state index < -0.39 is 29.9 Å². The van der Waals surface area contributed by atoms with E-state index in [4.69, 9.17) is 10.6 Å². The van der Waals surface area contributed by atoms with Gasteiger partial charge in [0, 0.05) is 33.7 Å². The van der Waals surface area contributed by atoms with Gasteiger partial charge in [0.15, 0.2) is 5.13 Å². The first-order valence-corrected chi connectivity index (χ1v) is 10.9. The first-order chi connectivity index (χ1) is 15.4. The first-order valence-electron chi connectivity index (χ1n) is 9.29. The van der Waals surface area contributed by atoms with Gasteiger partial charge < -0.3 is 21.0 Å². The molecule has 2 amide bonds. The largest absolute Gasteiger partial charge is 0.477 e. The average molecular weight is 476 g/mol. The number of thioether (sulfide) groups is 1. The molecule has 0 aliphatic carbocycles. The molecule has 2 aliphatic heterocycles. The lowest BCUT2D eigenvalue weighted by Gasteiger charge is -2.50. The summed E-state index contributed by atoms with van der Waals surface area (Å²) in [6.07, 6.45) is 4.15. The monoisotopic (exact) mass is 475 g/mol. The number of anilines is 1. The van der Waals surface area contributed by atoms with Crippen LogP contribution in [0.4, 0.5) is 5.13 Å². The minimum absolute atomic E-state index is 0.0266. The Morgan fingerprint density at radius 2 is 2.16 bits per heavy atom. The third kappa shape index (κ3) is 4.01. The Balaban J connectivity index is 1.53. The molecule has 166 valence electrons. The van der Waals surface area contributed by atoms with E-state index in [2.05, 4.69) is 24.8 Å². The molecule has 14 heteroatoms. The van der Waals surface area contributed by atoms with Gasteiger partial charge in [-0.2, -0.15) is 9.36 Å². The lowest BCUT2D eigenvalue weighted by molar-refractivity contribution is -0.155. The van der Waals surface area contributed by atoms with Crippen LogP contribution in [0.1, 0.15) is 18.7 Å². The topological polar surface area (TPSA) is 173 Å². The number of aromatic nitrogens is 3. The molecule has 4 rings (SSSR count). The fraction of sp³-hybridized carbons (Fsp3) is 0.278. The molecule has 0 saturated carbocycles. The predicted molar refractivity (Wildman–Crippen MR) is 114 cm³/mol. The number of fused-ring (bicyclic) bond motifs is 1. The van der Waals surface area contributed by atoms with Crippen LogP contribution >= 0.6 is 23.3 Å². The summed E-state index contributed by atoms with van der Waals surface area (Å²) in [7, 11) is 1.26. The Hall–Kier alpha value is -3.52. The molecule has 32 heavy (non-hydrogen) atoms. The van der Waals surface area contributed by atoms with Crippen LogP contribution in [0.15, 0.2) is 45.2 Å². The normalized spacial score (nSPS) is 20.5. The summed E-state index contributed by atoms with van der Waals surface area (Å²) in [6, 6.07) is 2.14. The number of carboxylic acids is 1. The molecule has 12 nitrogen and oxygen atoms in total. The number of hydrogen-bond donors (Lipinski definition) is 3. The number of allylic oxidation sites excluding steroid dienone is 1. The second-order valence-electron chi connectivity index (χ2n) is 6.71. The predicted octanol–water partition coefficient (Wildman–Crippen LogP) is 0.444. The van der Waals surface area contributed by atoms with Crippen molar-refractivity contribution >= 4 is 51.9 Å². The fourth-order valence-electron chi connectivity index (χ4n) is 3.49. The van der Waals surface area contributed by atoms with Gasteiger partial charge in [0.25, 0.3) is 11.8 Å². The maximum absolute atomic E-state index is 12.8. The van der Waals surface area contributed by atoms with E-state index in [9.17, 15) is 19.5 Å². The van der Waals surface area contributed by atoms with Gasteiger partial charge in [0.2, 0.25) is 11.5 Å². The van der Waals surface area contributed by atoms with Crippen LogP contribution < -0.4 is 11.1 Å². The van der Waals surface area contributed by atoms with E-state index in [0.29, 0.717) is 17.7 Å². The summed E-state index contributed by atoms with van der Waals surface area (Å²) in [5, 5.41) is 16.2. The number of rotatable bonds is 7. The molecule has 0 spiro atoms. The summed E-state index contributed by atoms with van der Waals surface area (Å²) >= 11 is 2.17. The summed E-state index contributed by atoms with van der Waals surface area (Å²) in [4.78, 5) is 52.7. The Kier molecular flexibility index (Phi) is 6.05. The summed E-state index contributed by atoms with van der Waals surface area (Å²) < 4.78 is 3.94. The second kappa shape index (κ2) is 8.92. The minimum Gasteiger partial charge on any atom is -0.477 e. The molecule has 0 aromatic carbocycles. The number of carbonyl (C=O) groups is 3. The van der Waals surface area contributed by atoms with Crippen molar-refractivity contribution in [2.75, 3.05) is 12.8 Å². The lowest BCUT2D eigenvalue weighted by atomic mass is 9.86. The number of carboxylic acid groups (broad SMARTS) is 1. The summed E-state index contributed by atoms with van der Waals surface area (Å²) in [6.45, 7) is 0. The van der Waals surface area contributed by atoms with Gasteiger partial charge in [-0.1, -0.05) is 16.9 Å². The van der Waals surface area contributed by atoms with Gasteiger partial charge in [0.1, 0.15) is 18.8 Å². The van der Waals surface area contributed by atoms with Gasteiger partial charge >= 0.3 is 5.97 Å². The van der Waals surface area contributed by atoms with Crippen LogP contribution in [0.25, 0.3) is 0 Å². The van der Waals surface area contributed by atoms with Gasteiger partial charge in [0.05, 0.1) is 6.04 Å². The van der Waals surface area contributed by atoms with Crippen molar-refractivity contribution in [1.29, 1.82) is 0 Å². The molecule has 2 aliphatic rings. The highest BCUT2D eigenvalue weighted by Crippen LogP contribution is 2.43. The molecule has 4 heterocycles. The van der Waals surface area contributed by atoms with Crippen molar-refractivity contribution in [3.63, 3.8) is 0 Å². The number of hydrogen-bond acceptors (Lipinski definition) is 11. The Bertz CT molecular complexity index is 1130. The number of amides is 2. The van der Waals surface area contributed by atoms with E-state index in [0.717, 1.165) is 16.4 Å². The van der Waals surface area contributed by atoms with Crippen LogP contribution in [0.5, 0.6) is 0 Å². The number of nitrogens with one attached hydrogen (secondary N) is 1. The molecule has 2 aromatic heterocycles. The Labute approximate surface area is 189 Å². The zero-order valence-electron chi connectivity index (χ0n) is 16.6. The number of nitrogen functional groups attached to an aromatic ring is 1. The minimum atomic E-state index is -1.20. The number of nitrogens with zero attached hydrogens (tertiary/aromatic N) is 5. The summed E-state index contributed by atoms with van der Waals surface area (Å²) in [5.41, 5.74) is 5.26. The van der Waals surface area contributed by atoms with Gasteiger partial charge in [-0.05, 0) is 25.0 Å². The van der Waals surface area contributed by atoms with Crippen molar-refractivity contribution in [2.24, 2.45) is 5.16 Å². The first kappa shape index (κ1) is 21.7. The highest BCUT2D eigenvalue weighted by atomic mass is 32.2. The number of nitrogens with two attached hydrogens (primary N) is 1. The zero-order valence-corrected chi connectivity index (χ0v) is 18.2. The molecular formula is C18H17N7O5S2. The van der Waals surface area contributed by atoms with E-state index in [1.165, 1.54) is 23.8 Å². The van der Waals surface area contributed by atoms with Crippen molar-refractivity contribution < 1.29 is 24.3 Å². The summed E-state index contributed by atoms with van der Waals surface area (Å²) in [5.74, 6) is -2.47. The number of carbonyl (C=O) groups excluding carboxylic acids is 2. The van der Waals surface area contributed by atoms with Crippen LogP contribution in [0.3, 0.4) is 0 Å². The lowest BCUT2D eigenvalue weighted by Crippen LogP contribution is -2.72. The average Bonchev–Trinajstić information content (AvgIpc) is 3.21. The quantitative estimate of drug-likeness (QED) is 0.290. The van der Waals surface area contributed by atoms with Crippen molar-refractivity contribution in [2.45, 2.75) is 29.8 Å². The van der Waals surface area contributed by atoms with Crippen molar-refractivity contribution in [1.82, 2.24) is 24.6 Å². The van der Waals surface area contributed by atoms with Gasteiger partial charge in [-0.3, -0.25) is 19.5 Å². The molecule has 0 radical (unpaired) electrons. The Morgan fingerprint density at radius 1 is 1.41 bits per heavy atom. The zero-order chi connectivity index (χ0) is 22.8. The number of aliphatic carboxylic acids is 1. The maximum Gasteiger partial charge on any atom is 0.353 e. The highest BCUT2D eigenvalue weighted by Gasteiger charge is 2.53. The third-order valence-electron chi connectivity index (χ3n) is 4.82. The van der Waals surface area contributed by atoms with Gasteiger partial charge in [-0.15, -0.1) is 0 Å². The smallest absolute Gasteiger partial charge is 0.353 e. The van der Waals surface area contributed by atoms with Crippen molar-refractivity contribution in [3.8, 4) is 0 Å². The van der Waals surface area contributed by atoms with E-state index in [-0.39, 0.29) is 22.4 Å². The molecule has 2 aromatic rings. The van der Waals surface area contributed by atoms with E-state index in [1.807, 2.05) is 0 Å². The third-order valence-corrected chi connectivity index (χ3v) is 6.52. The standard InChI is InChI=1S/C18H17N7O5S2/c1-30-23-12(14-22-18(19)32-24-14)15(26)21-11-9-2-3-10(31-8-4-6-20-7-5-8)13(17(28)29)25(9)16(11)27/h4-7,9,11H,2-3H2,1H3,(H,21,26)(H,28,29)(H2,19,22,24). The van der Waals surface area contributed by atoms with Crippen LogP contribution in [0, 0.1) is 0 Å². The molecule has 1 fully saturated rings. The molecule has 4 N–H and O–H groups in total. The highest BCUT2D eigenvalue weighted by molar-refractivity contribution is 8.03. The van der Waals surface area contributed by atoms with Gasteiger partial charge in [-0.25, -0.2) is 4.79 Å². The van der Waals surface area contributed by atoms with Crippen LogP contribution in [-0.4, -0.2) is 67.0 Å². The molecule has 1 saturated heterocycles. The van der Waals surface area contributed by atoms with Crippen LogP contribution in [0.2, 0.25) is 0 Å². The number of oxime groups is 1.